The summed E-state index contributed by atoms with van der Waals surface area (Å²) >= 11 is 5.81. The molecule has 0 aliphatic carbocycles. The van der Waals surface area contributed by atoms with E-state index >= 15 is 0 Å². The molecule has 0 fully saturated rings. The Kier molecular flexibility index (Phi) is 3.30. The number of aromatic nitrogens is 1. The number of halogens is 1. The van der Waals surface area contributed by atoms with E-state index in [9.17, 15) is 0 Å². The van der Waals surface area contributed by atoms with Crippen LogP contribution in [-0.4, -0.2) is 11.6 Å². The van der Waals surface area contributed by atoms with Gasteiger partial charge in [0.15, 0.2) is 0 Å². The first-order valence-corrected chi connectivity index (χ1v) is 6.71. The van der Waals surface area contributed by atoms with Crippen molar-refractivity contribution in [2.45, 2.75) is 13.0 Å². The maximum absolute atomic E-state index is 5.81. The molecule has 0 spiro atoms. The topological polar surface area (TPSA) is 34.1 Å². The molecule has 0 bridgehead atoms. The Morgan fingerprint density at radius 3 is 2.89 bits per heavy atom. The molecular formula is C15H15ClN2O. The third-order valence-corrected chi connectivity index (χ3v) is 3.60. The van der Waals surface area contributed by atoms with Crippen molar-refractivity contribution in [1.82, 2.24) is 4.98 Å². The molecule has 1 aliphatic rings. The molecule has 2 atom stereocenters. The van der Waals surface area contributed by atoms with E-state index in [1.54, 1.807) is 12.3 Å². The SMILES string of the molecule is CC1COc2ccccc2C1Nc1ccc(Cl)nc1. The van der Waals surface area contributed by atoms with Gasteiger partial charge in [0.05, 0.1) is 24.5 Å². The van der Waals surface area contributed by atoms with Crippen LogP contribution in [0.4, 0.5) is 5.69 Å². The largest absolute Gasteiger partial charge is 0.493 e. The monoisotopic (exact) mass is 274 g/mol. The number of para-hydroxylation sites is 1. The maximum Gasteiger partial charge on any atom is 0.129 e. The highest BCUT2D eigenvalue weighted by Gasteiger charge is 2.27. The van der Waals surface area contributed by atoms with Gasteiger partial charge in [-0.15, -0.1) is 0 Å². The van der Waals surface area contributed by atoms with E-state index < -0.39 is 0 Å². The molecule has 4 heteroatoms. The number of ether oxygens (including phenoxy) is 1. The lowest BCUT2D eigenvalue weighted by atomic mass is 9.92. The van der Waals surface area contributed by atoms with Crippen molar-refractivity contribution in [3.63, 3.8) is 0 Å². The summed E-state index contributed by atoms with van der Waals surface area (Å²) in [4.78, 5) is 4.10. The van der Waals surface area contributed by atoms with Crippen LogP contribution in [0.25, 0.3) is 0 Å². The zero-order valence-electron chi connectivity index (χ0n) is 10.6. The molecule has 98 valence electrons. The number of nitrogens with zero attached hydrogens (tertiary/aromatic N) is 1. The van der Waals surface area contributed by atoms with Crippen LogP contribution in [0.3, 0.4) is 0 Å². The minimum Gasteiger partial charge on any atom is -0.493 e. The van der Waals surface area contributed by atoms with Crippen LogP contribution in [0.5, 0.6) is 5.75 Å². The van der Waals surface area contributed by atoms with E-state index in [1.807, 2.05) is 24.3 Å². The Morgan fingerprint density at radius 2 is 2.11 bits per heavy atom. The fraction of sp³-hybridized carbons (Fsp3) is 0.267. The zero-order valence-corrected chi connectivity index (χ0v) is 11.4. The molecule has 1 aromatic heterocycles. The Balaban J connectivity index is 1.89. The van der Waals surface area contributed by atoms with Gasteiger partial charge in [-0.3, -0.25) is 0 Å². The predicted molar refractivity (Wildman–Crippen MR) is 76.7 cm³/mol. The van der Waals surface area contributed by atoms with E-state index in [1.165, 1.54) is 5.56 Å². The van der Waals surface area contributed by atoms with Gasteiger partial charge in [0.2, 0.25) is 0 Å². The number of hydrogen-bond donors (Lipinski definition) is 1. The van der Waals surface area contributed by atoms with Crippen molar-refractivity contribution in [2.75, 3.05) is 11.9 Å². The van der Waals surface area contributed by atoms with Gasteiger partial charge in [0, 0.05) is 11.5 Å². The molecule has 0 radical (unpaired) electrons. The average Bonchev–Trinajstić information content (AvgIpc) is 2.44. The fourth-order valence-corrected chi connectivity index (χ4v) is 2.47. The van der Waals surface area contributed by atoms with Gasteiger partial charge < -0.3 is 10.1 Å². The van der Waals surface area contributed by atoms with E-state index in [0.29, 0.717) is 11.1 Å². The van der Waals surface area contributed by atoms with E-state index in [4.69, 9.17) is 16.3 Å². The minimum absolute atomic E-state index is 0.230. The Morgan fingerprint density at radius 1 is 1.26 bits per heavy atom. The summed E-state index contributed by atoms with van der Waals surface area (Å²) in [6.45, 7) is 2.90. The number of rotatable bonds is 2. The number of pyridine rings is 1. The van der Waals surface area contributed by atoms with Gasteiger partial charge in [-0.05, 0) is 18.2 Å². The second kappa shape index (κ2) is 5.10. The highest BCUT2D eigenvalue weighted by Crippen LogP contribution is 2.37. The van der Waals surface area contributed by atoms with Crippen molar-refractivity contribution in [1.29, 1.82) is 0 Å². The third-order valence-electron chi connectivity index (χ3n) is 3.37. The summed E-state index contributed by atoms with van der Waals surface area (Å²) in [7, 11) is 0. The fourth-order valence-electron chi connectivity index (χ4n) is 2.35. The lowest BCUT2D eigenvalue weighted by Gasteiger charge is -2.32. The van der Waals surface area contributed by atoms with Crippen molar-refractivity contribution in [3.05, 3.63) is 53.3 Å². The van der Waals surface area contributed by atoms with Crippen molar-refractivity contribution < 1.29 is 4.74 Å². The second-order valence-corrected chi connectivity index (χ2v) is 5.20. The molecule has 0 saturated carbocycles. The summed E-state index contributed by atoms with van der Waals surface area (Å²) in [5.41, 5.74) is 2.16. The summed E-state index contributed by atoms with van der Waals surface area (Å²) in [6, 6.07) is 12.1. The standard InChI is InChI=1S/C15H15ClN2O/c1-10-9-19-13-5-3-2-4-12(13)15(10)18-11-6-7-14(16)17-8-11/h2-8,10,15,18H,9H2,1H3. The molecule has 0 amide bonds. The lowest BCUT2D eigenvalue weighted by molar-refractivity contribution is 0.214. The first-order chi connectivity index (χ1) is 9.24. The molecule has 3 rings (SSSR count). The average molecular weight is 275 g/mol. The number of fused-ring (bicyclic) bond motifs is 1. The minimum atomic E-state index is 0.230. The van der Waals surface area contributed by atoms with Crippen molar-refractivity contribution in [2.24, 2.45) is 5.92 Å². The molecule has 3 nitrogen and oxygen atoms in total. The second-order valence-electron chi connectivity index (χ2n) is 4.82. The molecule has 2 aromatic rings. The summed E-state index contributed by atoms with van der Waals surface area (Å²) in [5, 5.41) is 4.02. The Labute approximate surface area is 117 Å². The van der Waals surface area contributed by atoms with Gasteiger partial charge >= 0.3 is 0 Å². The van der Waals surface area contributed by atoms with Crippen LogP contribution < -0.4 is 10.1 Å². The highest BCUT2D eigenvalue weighted by molar-refractivity contribution is 6.29. The number of hydrogen-bond acceptors (Lipinski definition) is 3. The maximum atomic E-state index is 5.81. The first kappa shape index (κ1) is 12.3. The van der Waals surface area contributed by atoms with Gasteiger partial charge in [0.25, 0.3) is 0 Å². The Bertz CT molecular complexity index is 571. The van der Waals surface area contributed by atoms with Crippen LogP contribution in [0, 0.1) is 5.92 Å². The molecule has 1 aromatic carbocycles. The van der Waals surface area contributed by atoms with E-state index in [2.05, 4.69) is 23.3 Å². The number of benzene rings is 1. The zero-order chi connectivity index (χ0) is 13.2. The van der Waals surface area contributed by atoms with E-state index in [0.717, 1.165) is 18.0 Å². The Hall–Kier alpha value is -1.74. The van der Waals surface area contributed by atoms with Gasteiger partial charge in [-0.25, -0.2) is 4.98 Å². The number of nitrogens with one attached hydrogen (secondary N) is 1. The molecule has 0 saturated heterocycles. The predicted octanol–water partition coefficient (Wildman–Crippen LogP) is 3.92. The van der Waals surface area contributed by atoms with Crippen LogP contribution >= 0.6 is 11.6 Å². The highest BCUT2D eigenvalue weighted by atomic mass is 35.5. The van der Waals surface area contributed by atoms with Crippen molar-refractivity contribution in [3.8, 4) is 5.75 Å². The van der Waals surface area contributed by atoms with Crippen LogP contribution in [-0.2, 0) is 0 Å². The molecule has 1 N–H and O–H groups in total. The molecule has 2 unspecified atom stereocenters. The summed E-state index contributed by atoms with van der Waals surface area (Å²) in [6.07, 6.45) is 1.76. The van der Waals surface area contributed by atoms with Crippen LogP contribution in [0.15, 0.2) is 42.6 Å². The van der Waals surface area contributed by atoms with Crippen LogP contribution in [0.2, 0.25) is 5.15 Å². The van der Waals surface area contributed by atoms with E-state index in [-0.39, 0.29) is 6.04 Å². The molecule has 2 heterocycles. The summed E-state index contributed by atoms with van der Waals surface area (Å²) < 4.78 is 5.75. The summed E-state index contributed by atoms with van der Waals surface area (Å²) in [5.74, 6) is 1.35. The van der Waals surface area contributed by atoms with Crippen LogP contribution in [0.1, 0.15) is 18.5 Å². The van der Waals surface area contributed by atoms with Gasteiger partial charge in [-0.2, -0.15) is 0 Å². The lowest BCUT2D eigenvalue weighted by Crippen LogP contribution is -2.28. The first-order valence-electron chi connectivity index (χ1n) is 6.34. The molecule has 1 aliphatic heterocycles. The normalized spacial score (nSPS) is 21.4. The van der Waals surface area contributed by atoms with Crippen molar-refractivity contribution >= 4 is 17.3 Å². The third kappa shape index (κ3) is 2.51. The number of anilines is 1. The van der Waals surface area contributed by atoms with Gasteiger partial charge in [0.1, 0.15) is 10.9 Å². The van der Waals surface area contributed by atoms with Gasteiger partial charge in [-0.1, -0.05) is 36.7 Å². The smallest absolute Gasteiger partial charge is 0.129 e. The molecule has 19 heavy (non-hydrogen) atoms. The quantitative estimate of drug-likeness (QED) is 0.843. The molecular weight excluding hydrogens is 260 g/mol.